The molecule has 0 radical (unpaired) electrons. The van der Waals surface area contributed by atoms with Crippen LogP contribution < -0.4 is 5.32 Å². The Morgan fingerprint density at radius 1 is 0.941 bits per heavy atom. The van der Waals surface area contributed by atoms with Crippen molar-refractivity contribution in [2.45, 2.75) is 6.54 Å². The van der Waals surface area contributed by atoms with Crippen molar-refractivity contribution in [3.8, 4) is 0 Å². The zero-order chi connectivity index (χ0) is 11.5. The highest BCUT2D eigenvalue weighted by molar-refractivity contribution is 5.81. The van der Waals surface area contributed by atoms with Crippen LogP contribution in [0, 0.1) is 0 Å². The topological polar surface area (TPSA) is 25.2 Å². The summed E-state index contributed by atoms with van der Waals surface area (Å²) in [5.41, 5.74) is 3.32. The predicted molar refractivity (Wildman–Crippen MR) is 70.0 cm³/mol. The highest BCUT2D eigenvalue weighted by Crippen LogP contribution is 2.20. The van der Waals surface area contributed by atoms with Crippen molar-refractivity contribution in [1.82, 2.24) is 0 Å². The van der Waals surface area contributed by atoms with E-state index in [2.05, 4.69) is 35.6 Å². The monoisotopic (exact) mass is 223 g/mol. The Labute approximate surface area is 99.9 Å². The Bertz CT molecular complexity index is 613. The van der Waals surface area contributed by atoms with E-state index in [0.29, 0.717) is 0 Å². The maximum absolute atomic E-state index is 5.31. The van der Waals surface area contributed by atoms with Crippen LogP contribution in [0.5, 0.6) is 0 Å². The van der Waals surface area contributed by atoms with Gasteiger partial charge in [0.15, 0.2) is 0 Å². The van der Waals surface area contributed by atoms with E-state index in [4.69, 9.17) is 4.42 Å². The SMILES string of the molecule is c1ccc(CNc2ccc3occc3c2)cc1. The van der Waals surface area contributed by atoms with Crippen molar-refractivity contribution >= 4 is 16.7 Å². The number of hydrogen-bond acceptors (Lipinski definition) is 2. The maximum Gasteiger partial charge on any atom is 0.133 e. The third-order valence-corrected chi connectivity index (χ3v) is 2.79. The zero-order valence-corrected chi connectivity index (χ0v) is 9.39. The number of hydrogen-bond donors (Lipinski definition) is 1. The molecule has 1 aromatic heterocycles. The standard InChI is InChI=1S/C15H13NO/c1-2-4-12(5-3-1)11-16-14-6-7-15-13(10-14)8-9-17-15/h1-10,16H,11H2. The molecule has 2 nitrogen and oxygen atoms in total. The molecule has 0 spiro atoms. The van der Waals surface area contributed by atoms with Crippen LogP contribution in [0.15, 0.2) is 65.3 Å². The fourth-order valence-corrected chi connectivity index (χ4v) is 1.88. The summed E-state index contributed by atoms with van der Waals surface area (Å²) in [6, 6.07) is 18.5. The number of nitrogens with one attached hydrogen (secondary N) is 1. The first-order valence-corrected chi connectivity index (χ1v) is 5.67. The van der Waals surface area contributed by atoms with Gasteiger partial charge in [-0.1, -0.05) is 30.3 Å². The summed E-state index contributed by atoms with van der Waals surface area (Å²) in [6.45, 7) is 0.837. The van der Waals surface area contributed by atoms with E-state index in [1.165, 1.54) is 5.56 Å². The van der Waals surface area contributed by atoms with E-state index in [-0.39, 0.29) is 0 Å². The van der Waals surface area contributed by atoms with Gasteiger partial charge < -0.3 is 9.73 Å². The van der Waals surface area contributed by atoms with E-state index in [1.54, 1.807) is 6.26 Å². The normalized spacial score (nSPS) is 10.6. The third-order valence-electron chi connectivity index (χ3n) is 2.79. The lowest BCUT2D eigenvalue weighted by molar-refractivity contribution is 0.616. The van der Waals surface area contributed by atoms with Gasteiger partial charge in [-0.25, -0.2) is 0 Å². The molecule has 0 aliphatic heterocycles. The molecule has 3 aromatic rings. The summed E-state index contributed by atoms with van der Waals surface area (Å²) >= 11 is 0. The van der Waals surface area contributed by atoms with Crippen molar-refractivity contribution in [1.29, 1.82) is 0 Å². The van der Waals surface area contributed by atoms with Crippen LogP contribution >= 0.6 is 0 Å². The van der Waals surface area contributed by atoms with Gasteiger partial charge in [-0.3, -0.25) is 0 Å². The summed E-state index contributed by atoms with van der Waals surface area (Å²) in [6.07, 6.45) is 1.71. The van der Waals surface area contributed by atoms with Gasteiger partial charge in [-0.15, -0.1) is 0 Å². The molecule has 0 saturated heterocycles. The van der Waals surface area contributed by atoms with Crippen LogP contribution in [0.25, 0.3) is 11.0 Å². The van der Waals surface area contributed by atoms with Gasteiger partial charge in [-0.2, -0.15) is 0 Å². The largest absolute Gasteiger partial charge is 0.464 e. The quantitative estimate of drug-likeness (QED) is 0.724. The molecule has 0 bridgehead atoms. The molecule has 0 atom stereocenters. The van der Waals surface area contributed by atoms with Gasteiger partial charge in [-0.05, 0) is 29.8 Å². The van der Waals surface area contributed by atoms with E-state index in [0.717, 1.165) is 23.2 Å². The molecular weight excluding hydrogens is 210 g/mol. The Hall–Kier alpha value is -2.22. The molecule has 0 aliphatic rings. The molecule has 0 fully saturated rings. The average Bonchev–Trinajstić information content (AvgIpc) is 2.85. The molecule has 0 saturated carbocycles. The van der Waals surface area contributed by atoms with Gasteiger partial charge in [0.1, 0.15) is 5.58 Å². The van der Waals surface area contributed by atoms with E-state index >= 15 is 0 Å². The summed E-state index contributed by atoms with van der Waals surface area (Å²) in [5.74, 6) is 0. The number of fused-ring (bicyclic) bond motifs is 1. The molecule has 3 rings (SSSR count). The molecular formula is C15H13NO. The number of furan rings is 1. The minimum absolute atomic E-state index is 0.837. The summed E-state index contributed by atoms with van der Waals surface area (Å²) in [7, 11) is 0. The Morgan fingerprint density at radius 3 is 2.71 bits per heavy atom. The lowest BCUT2D eigenvalue weighted by atomic mass is 10.2. The average molecular weight is 223 g/mol. The molecule has 17 heavy (non-hydrogen) atoms. The molecule has 2 heteroatoms. The van der Waals surface area contributed by atoms with Crippen molar-refractivity contribution in [2.75, 3.05) is 5.32 Å². The first-order chi connectivity index (χ1) is 8.42. The second kappa shape index (κ2) is 4.34. The molecule has 84 valence electrons. The van der Waals surface area contributed by atoms with Crippen molar-refractivity contribution in [3.05, 3.63) is 66.4 Å². The van der Waals surface area contributed by atoms with Crippen LogP contribution in [-0.2, 0) is 6.54 Å². The van der Waals surface area contributed by atoms with E-state index in [1.807, 2.05) is 24.3 Å². The smallest absolute Gasteiger partial charge is 0.133 e. The Balaban J connectivity index is 1.76. The van der Waals surface area contributed by atoms with Crippen molar-refractivity contribution in [3.63, 3.8) is 0 Å². The molecule has 1 heterocycles. The second-order valence-corrected chi connectivity index (χ2v) is 4.01. The van der Waals surface area contributed by atoms with Gasteiger partial charge in [0.05, 0.1) is 6.26 Å². The summed E-state index contributed by atoms with van der Waals surface area (Å²) in [4.78, 5) is 0. The summed E-state index contributed by atoms with van der Waals surface area (Å²) in [5, 5.41) is 4.53. The minimum Gasteiger partial charge on any atom is -0.464 e. The zero-order valence-electron chi connectivity index (χ0n) is 9.39. The number of anilines is 1. The molecule has 0 amide bonds. The minimum atomic E-state index is 0.837. The van der Waals surface area contributed by atoms with Gasteiger partial charge in [0.25, 0.3) is 0 Å². The fraction of sp³-hybridized carbons (Fsp3) is 0.0667. The van der Waals surface area contributed by atoms with Crippen LogP contribution in [0.3, 0.4) is 0 Å². The second-order valence-electron chi connectivity index (χ2n) is 4.01. The maximum atomic E-state index is 5.31. The van der Waals surface area contributed by atoms with Gasteiger partial charge in [0.2, 0.25) is 0 Å². The summed E-state index contributed by atoms with van der Waals surface area (Å²) < 4.78 is 5.31. The lowest BCUT2D eigenvalue weighted by Gasteiger charge is -2.06. The number of rotatable bonds is 3. The van der Waals surface area contributed by atoms with Crippen molar-refractivity contribution < 1.29 is 4.42 Å². The van der Waals surface area contributed by atoms with Crippen LogP contribution in [-0.4, -0.2) is 0 Å². The van der Waals surface area contributed by atoms with Crippen LogP contribution in [0.1, 0.15) is 5.56 Å². The first kappa shape index (κ1) is 9.97. The highest BCUT2D eigenvalue weighted by atomic mass is 16.3. The number of benzene rings is 2. The van der Waals surface area contributed by atoms with Crippen molar-refractivity contribution in [2.24, 2.45) is 0 Å². The highest BCUT2D eigenvalue weighted by Gasteiger charge is 1.98. The van der Waals surface area contributed by atoms with Crippen LogP contribution in [0.2, 0.25) is 0 Å². The molecule has 0 unspecified atom stereocenters. The molecule has 1 N–H and O–H groups in total. The first-order valence-electron chi connectivity index (χ1n) is 5.67. The van der Waals surface area contributed by atoms with Gasteiger partial charge in [0, 0.05) is 17.6 Å². The van der Waals surface area contributed by atoms with E-state index in [9.17, 15) is 0 Å². The fourth-order valence-electron chi connectivity index (χ4n) is 1.88. The molecule has 2 aromatic carbocycles. The third kappa shape index (κ3) is 2.16. The van der Waals surface area contributed by atoms with Crippen LogP contribution in [0.4, 0.5) is 5.69 Å². The predicted octanol–water partition coefficient (Wildman–Crippen LogP) is 4.04. The van der Waals surface area contributed by atoms with Gasteiger partial charge >= 0.3 is 0 Å². The lowest BCUT2D eigenvalue weighted by Crippen LogP contribution is -1.98. The Kier molecular flexibility index (Phi) is 2.54. The molecule has 0 aliphatic carbocycles. The Morgan fingerprint density at radius 2 is 1.82 bits per heavy atom. The van der Waals surface area contributed by atoms with E-state index < -0.39 is 0 Å².